The number of nitrogens with zero attached hydrogens (tertiary/aromatic N) is 4. The Bertz CT molecular complexity index is 1160. The normalized spacial score (nSPS) is 21.2. The number of thioether (sulfide) groups is 4. The summed E-state index contributed by atoms with van der Waals surface area (Å²) in [6.07, 6.45) is 8.26. The fourth-order valence-electron chi connectivity index (χ4n) is 5.24. The van der Waals surface area contributed by atoms with Gasteiger partial charge in [-0.1, -0.05) is 84.2 Å². The standard InChI is InChI=1S/C28H28N4S4/c1-33-21-15-19(29-27(31-21)35-3)25-23(17-11-7-5-8-12-17)26(24(25)18-13-9-6-10-14-18)20-16-22(34-2)32-28(30-20)36-4/h5-16,23-26H,1-4H3/t23-,24-,25-,26-. The Hall–Kier alpha value is -2.00. The predicted molar refractivity (Wildman–Crippen MR) is 155 cm³/mol. The molecule has 0 unspecified atom stereocenters. The largest absolute Gasteiger partial charge is 0.227 e. The van der Waals surface area contributed by atoms with E-state index in [4.69, 9.17) is 19.9 Å². The van der Waals surface area contributed by atoms with Crippen LogP contribution in [0.25, 0.3) is 0 Å². The van der Waals surface area contributed by atoms with E-state index >= 15 is 0 Å². The summed E-state index contributed by atoms with van der Waals surface area (Å²) in [6, 6.07) is 26.1. The molecule has 1 aliphatic carbocycles. The van der Waals surface area contributed by atoms with Crippen molar-refractivity contribution in [1.29, 1.82) is 0 Å². The summed E-state index contributed by atoms with van der Waals surface area (Å²) in [5, 5.41) is 3.69. The Morgan fingerprint density at radius 3 is 1.19 bits per heavy atom. The summed E-state index contributed by atoms with van der Waals surface area (Å²) < 4.78 is 0. The van der Waals surface area contributed by atoms with Crippen LogP contribution in [0.4, 0.5) is 0 Å². The number of rotatable bonds is 8. The molecule has 184 valence electrons. The third kappa shape index (κ3) is 5.05. The topological polar surface area (TPSA) is 51.6 Å². The highest BCUT2D eigenvalue weighted by Crippen LogP contribution is 2.66. The van der Waals surface area contributed by atoms with Gasteiger partial charge in [0, 0.05) is 23.7 Å². The molecule has 0 bridgehead atoms. The van der Waals surface area contributed by atoms with E-state index < -0.39 is 0 Å². The lowest BCUT2D eigenvalue weighted by Gasteiger charge is -2.52. The minimum atomic E-state index is 0.213. The zero-order valence-corrected chi connectivity index (χ0v) is 23.9. The third-order valence-electron chi connectivity index (χ3n) is 6.79. The lowest BCUT2D eigenvalue weighted by Crippen LogP contribution is -2.41. The molecule has 0 saturated heterocycles. The molecule has 2 heterocycles. The van der Waals surface area contributed by atoms with E-state index in [0.717, 1.165) is 31.8 Å². The predicted octanol–water partition coefficient (Wildman–Crippen LogP) is 7.60. The molecule has 5 rings (SSSR count). The quantitative estimate of drug-likeness (QED) is 0.127. The smallest absolute Gasteiger partial charge is 0.188 e. The lowest BCUT2D eigenvalue weighted by molar-refractivity contribution is 0.217. The summed E-state index contributed by atoms with van der Waals surface area (Å²) >= 11 is 6.56. The number of hydrogen-bond donors (Lipinski definition) is 0. The van der Waals surface area contributed by atoms with E-state index in [2.05, 4.69) is 85.3 Å². The van der Waals surface area contributed by atoms with Crippen LogP contribution in [0.15, 0.2) is 93.2 Å². The minimum Gasteiger partial charge on any atom is -0.227 e. The number of aromatic nitrogens is 4. The molecule has 1 aliphatic rings. The molecule has 2 aromatic heterocycles. The van der Waals surface area contributed by atoms with Crippen molar-refractivity contribution in [2.24, 2.45) is 0 Å². The third-order valence-corrected chi connectivity index (χ3v) is 9.14. The van der Waals surface area contributed by atoms with Gasteiger partial charge in [-0.25, -0.2) is 19.9 Å². The maximum atomic E-state index is 5.07. The van der Waals surface area contributed by atoms with Gasteiger partial charge in [-0.3, -0.25) is 0 Å². The van der Waals surface area contributed by atoms with Crippen LogP contribution in [0.5, 0.6) is 0 Å². The average Bonchev–Trinajstić information content (AvgIpc) is 2.93. The fourth-order valence-corrected chi connectivity index (χ4v) is 6.96. The van der Waals surface area contributed by atoms with E-state index in [9.17, 15) is 0 Å². The first-order valence-corrected chi connectivity index (χ1v) is 16.6. The summed E-state index contributed by atoms with van der Waals surface area (Å²) in [6.45, 7) is 0. The van der Waals surface area contributed by atoms with Crippen molar-refractivity contribution in [3.8, 4) is 0 Å². The lowest BCUT2D eigenvalue weighted by atomic mass is 9.50. The van der Waals surface area contributed by atoms with E-state index in [1.807, 2.05) is 12.5 Å². The van der Waals surface area contributed by atoms with Crippen LogP contribution in [0.1, 0.15) is 46.2 Å². The highest BCUT2D eigenvalue weighted by molar-refractivity contribution is 7.99. The first-order valence-electron chi connectivity index (χ1n) is 11.7. The van der Waals surface area contributed by atoms with Crippen LogP contribution in [-0.2, 0) is 0 Å². The minimum absolute atomic E-state index is 0.213. The van der Waals surface area contributed by atoms with Crippen LogP contribution < -0.4 is 0 Å². The summed E-state index contributed by atoms with van der Waals surface area (Å²) in [5.41, 5.74) is 4.87. The molecule has 8 heteroatoms. The Kier molecular flexibility index (Phi) is 8.25. The van der Waals surface area contributed by atoms with E-state index in [-0.39, 0.29) is 23.7 Å². The van der Waals surface area contributed by atoms with Gasteiger partial charge in [0.05, 0.1) is 11.4 Å². The van der Waals surface area contributed by atoms with Crippen LogP contribution in [0, 0.1) is 0 Å². The van der Waals surface area contributed by atoms with Crippen molar-refractivity contribution in [3.63, 3.8) is 0 Å². The van der Waals surface area contributed by atoms with Crippen molar-refractivity contribution >= 4 is 47.0 Å². The molecule has 0 amide bonds. The summed E-state index contributed by atoms with van der Waals surface area (Å²) in [5.74, 6) is 0.917. The Morgan fingerprint density at radius 2 is 0.861 bits per heavy atom. The van der Waals surface area contributed by atoms with E-state index in [0.29, 0.717) is 0 Å². The summed E-state index contributed by atoms with van der Waals surface area (Å²) in [4.78, 5) is 19.6. The van der Waals surface area contributed by atoms with Gasteiger partial charge in [-0.15, -0.1) is 23.5 Å². The highest BCUT2D eigenvalue weighted by atomic mass is 32.2. The molecule has 1 saturated carbocycles. The second kappa shape index (κ2) is 11.6. The number of benzene rings is 2. The molecular weight excluding hydrogens is 521 g/mol. The van der Waals surface area contributed by atoms with Crippen LogP contribution in [0.2, 0.25) is 0 Å². The van der Waals surface area contributed by atoms with Gasteiger partial charge >= 0.3 is 0 Å². The zero-order valence-electron chi connectivity index (χ0n) is 20.7. The first-order chi connectivity index (χ1) is 17.7. The van der Waals surface area contributed by atoms with E-state index in [1.54, 1.807) is 47.0 Å². The highest BCUT2D eigenvalue weighted by Gasteiger charge is 2.54. The van der Waals surface area contributed by atoms with Gasteiger partial charge < -0.3 is 0 Å². The van der Waals surface area contributed by atoms with E-state index in [1.165, 1.54) is 11.1 Å². The van der Waals surface area contributed by atoms with Gasteiger partial charge in [0.25, 0.3) is 0 Å². The van der Waals surface area contributed by atoms with Crippen molar-refractivity contribution < 1.29 is 0 Å². The SMILES string of the molecule is CSc1cc([C@H]2[C@H](c3ccccc3)[C@H](c3cc(SC)nc(SC)n3)[C@H]2c2ccccc2)nc(SC)n1. The molecule has 0 atom stereocenters. The van der Waals surface area contributed by atoms with Gasteiger partial charge in [0.2, 0.25) is 0 Å². The van der Waals surface area contributed by atoms with Gasteiger partial charge in [0.1, 0.15) is 10.1 Å². The zero-order chi connectivity index (χ0) is 25.1. The second-order valence-corrected chi connectivity index (χ2v) is 11.8. The Morgan fingerprint density at radius 1 is 0.472 bits per heavy atom. The molecule has 1 fully saturated rings. The molecule has 4 nitrogen and oxygen atoms in total. The van der Waals surface area contributed by atoms with Crippen molar-refractivity contribution in [1.82, 2.24) is 19.9 Å². The second-order valence-electron chi connectivity index (χ2n) is 8.57. The molecule has 4 aromatic rings. The molecule has 0 N–H and O–H groups in total. The molecular formula is C28H28N4S4. The van der Waals surface area contributed by atoms with Gasteiger partial charge in [-0.05, 0) is 48.3 Å². The van der Waals surface area contributed by atoms with Crippen LogP contribution >= 0.6 is 47.0 Å². The van der Waals surface area contributed by atoms with Crippen molar-refractivity contribution in [2.45, 2.75) is 44.0 Å². The first kappa shape index (κ1) is 25.6. The fraction of sp³-hybridized carbons (Fsp3) is 0.286. The molecule has 2 aromatic carbocycles. The molecule has 0 aliphatic heterocycles. The number of hydrogen-bond acceptors (Lipinski definition) is 8. The van der Waals surface area contributed by atoms with Crippen molar-refractivity contribution in [3.05, 3.63) is 95.3 Å². The summed E-state index contributed by atoms with van der Waals surface area (Å²) in [7, 11) is 0. The van der Waals surface area contributed by atoms with Crippen LogP contribution in [-0.4, -0.2) is 45.0 Å². The molecule has 0 spiro atoms. The van der Waals surface area contributed by atoms with Crippen LogP contribution in [0.3, 0.4) is 0 Å². The van der Waals surface area contributed by atoms with Crippen molar-refractivity contribution in [2.75, 3.05) is 25.0 Å². The molecule has 36 heavy (non-hydrogen) atoms. The van der Waals surface area contributed by atoms with Gasteiger partial charge in [-0.2, -0.15) is 0 Å². The van der Waals surface area contributed by atoms with Gasteiger partial charge in [0.15, 0.2) is 10.3 Å². The average molecular weight is 549 g/mol. The Balaban J connectivity index is 1.72. The maximum absolute atomic E-state index is 5.07. The monoisotopic (exact) mass is 548 g/mol. The maximum Gasteiger partial charge on any atom is 0.188 e. The molecule has 0 radical (unpaired) electrons. The Labute approximate surface area is 230 Å².